The Labute approximate surface area is 123 Å². The molecule has 2 atom stereocenters. The van der Waals surface area contributed by atoms with E-state index in [1.807, 2.05) is 0 Å². The van der Waals surface area contributed by atoms with E-state index >= 15 is 0 Å². The quantitative estimate of drug-likeness (QED) is 0.659. The zero-order valence-electron chi connectivity index (χ0n) is 12.0. The number of fused-ring (bicyclic) bond motifs is 1. The van der Waals surface area contributed by atoms with Gasteiger partial charge in [-0.2, -0.15) is 0 Å². The van der Waals surface area contributed by atoms with Crippen molar-refractivity contribution >= 4 is 23.0 Å². The van der Waals surface area contributed by atoms with Crippen molar-refractivity contribution in [3.8, 4) is 0 Å². The molecule has 21 heavy (non-hydrogen) atoms. The Kier molecular flexibility index (Phi) is 3.53. The second kappa shape index (κ2) is 5.35. The fourth-order valence-electron chi connectivity index (χ4n) is 3.32. The van der Waals surface area contributed by atoms with Crippen molar-refractivity contribution in [1.29, 1.82) is 0 Å². The van der Waals surface area contributed by atoms with E-state index in [9.17, 15) is 14.9 Å². The predicted octanol–water partition coefficient (Wildman–Crippen LogP) is 2.94. The lowest BCUT2D eigenvalue weighted by Gasteiger charge is -2.13. The highest BCUT2D eigenvalue weighted by molar-refractivity contribution is 6.00. The van der Waals surface area contributed by atoms with Crippen molar-refractivity contribution in [3.63, 3.8) is 0 Å². The second-order valence-electron chi connectivity index (χ2n) is 6.17. The summed E-state index contributed by atoms with van der Waals surface area (Å²) >= 11 is 0. The van der Waals surface area contributed by atoms with Crippen LogP contribution in [0.2, 0.25) is 0 Å². The number of amides is 1. The fraction of sp³-hybridized carbons (Fsp3) is 0.533. The van der Waals surface area contributed by atoms with Crippen LogP contribution in [0.1, 0.15) is 31.7 Å². The third kappa shape index (κ3) is 2.84. The number of rotatable bonds is 4. The number of carbonyl (C=O) groups excluding carboxylic acids is 1. The first-order valence-electron chi connectivity index (χ1n) is 7.38. The van der Waals surface area contributed by atoms with Gasteiger partial charge < -0.3 is 10.6 Å². The molecule has 1 aliphatic carbocycles. The van der Waals surface area contributed by atoms with Crippen LogP contribution in [0.15, 0.2) is 12.1 Å². The standard InChI is InChI=1S/C15H19N3O3/c1-9-2-3-10(4-9)8-16-13-7-12-11(6-15(19)17-12)5-14(13)18(20)21/h5,7,9-10,16H,2-4,6,8H2,1H3,(H,17,19). The molecule has 1 saturated carbocycles. The maximum absolute atomic E-state index is 11.4. The van der Waals surface area contributed by atoms with E-state index in [1.165, 1.54) is 25.3 Å². The van der Waals surface area contributed by atoms with E-state index in [-0.39, 0.29) is 22.9 Å². The van der Waals surface area contributed by atoms with Gasteiger partial charge in [0.15, 0.2) is 0 Å². The summed E-state index contributed by atoms with van der Waals surface area (Å²) in [6.07, 6.45) is 3.79. The number of nitro benzene ring substituents is 1. The van der Waals surface area contributed by atoms with Crippen LogP contribution in [0.3, 0.4) is 0 Å². The highest BCUT2D eigenvalue weighted by atomic mass is 16.6. The topological polar surface area (TPSA) is 84.3 Å². The van der Waals surface area contributed by atoms with E-state index in [2.05, 4.69) is 17.6 Å². The Morgan fingerprint density at radius 1 is 1.43 bits per heavy atom. The second-order valence-corrected chi connectivity index (χ2v) is 6.17. The first-order valence-corrected chi connectivity index (χ1v) is 7.38. The molecule has 1 aliphatic heterocycles. The van der Waals surface area contributed by atoms with Gasteiger partial charge in [0, 0.05) is 18.3 Å². The highest BCUT2D eigenvalue weighted by Gasteiger charge is 2.26. The van der Waals surface area contributed by atoms with Gasteiger partial charge in [0.1, 0.15) is 5.69 Å². The maximum atomic E-state index is 11.4. The molecule has 1 aromatic carbocycles. The van der Waals surface area contributed by atoms with Crippen molar-refractivity contribution in [2.45, 2.75) is 32.6 Å². The SMILES string of the molecule is CC1CCC(CNc2cc3c(cc2[N+](=O)[O-])CC(=O)N3)C1. The normalized spacial score (nSPS) is 23.8. The van der Waals surface area contributed by atoms with Crippen molar-refractivity contribution in [3.05, 3.63) is 27.8 Å². The molecule has 3 rings (SSSR count). The number of hydrogen-bond acceptors (Lipinski definition) is 4. The lowest BCUT2D eigenvalue weighted by Crippen LogP contribution is -2.12. The number of nitrogens with zero attached hydrogens (tertiary/aromatic N) is 1. The van der Waals surface area contributed by atoms with E-state index in [4.69, 9.17) is 0 Å². The molecule has 6 nitrogen and oxygen atoms in total. The van der Waals surface area contributed by atoms with Crippen LogP contribution in [0.25, 0.3) is 0 Å². The van der Waals surface area contributed by atoms with Gasteiger partial charge in [-0.15, -0.1) is 0 Å². The summed E-state index contributed by atoms with van der Waals surface area (Å²) in [5, 5.41) is 17.2. The molecule has 2 aliphatic rings. The summed E-state index contributed by atoms with van der Waals surface area (Å²) < 4.78 is 0. The van der Waals surface area contributed by atoms with Crippen LogP contribution in [0.5, 0.6) is 0 Å². The van der Waals surface area contributed by atoms with Crippen LogP contribution in [0.4, 0.5) is 17.1 Å². The van der Waals surface area contributed by atoms with Crippen LogP contribution in [-0.4, -0.2) is 17.4 Å². The summed E-state index contributed by atoms with van der Waals surface area (Å²) in [6.45, 7) is 2.99. The van der Waals surface area contributed by atoms with Crippen LogP contribution in [0, 0.1) is 22.0 Å². The zero-order chi connectivity index (χ0) is 15.0. The van der Waals surface area contributed by atoms with Gasteiger partial charge in [0.25, 0.3) is 5.69 Å². The predicted molar refractivity (Wildman–Crippen MR) is 80.4 cm³/mol. The molecular weight excluding hydrogens is 270 g/mol. The molecule has 112 valence electrons. The average molecular weight is 289 g/mol. The Hall–Kier alpha value is -2.11. The highest BCUT2D eigenvalue weighted by Crippen LogP contribution is 2.36. The molecule has 1 aromatic rings. The van der Waals surface area contributed by atoms with Gasteiger partial charge in [0.2, 0.25) is 5.91 Å². The molecule has 0 aromatic heterocycles. The van der Waals surface area contributed by atoms with Crippen LogP contribution in [-0.2, 0) is 11.2 Å². The van der Waals surface area contributed by atoms with Gasteiger partial charge >= 0.3 is 0 Å². The molecule has 2 N–H and O–H groups in total. The van der Waals surface area contributed by atoms with Crippen LogP contribution >= 0.6 is 0 Å². The number of carbonyl (C=O) groups is 1. The van der Waals surface area contributed by atoms with E-state index in [0.29, 0.717) is 22.9 Å². The molecular formula is C15H19N3O3. The molecule has 6 heteroatoms. The molecule has 0 radical (unpaired) electrons. The van der Waals surface area contributed by atoms with Gasteiger partial charge in [-0.05, 0) is 36.3 Å². The molecule has 1 amide bonds. The molecule has 1 heterocycles. The molecule has 2 unspecified atom stereocenters. The first kappa shape index (κ1) is 13.9. The largest absolute Gasteiger partial charge is 0.379 e. The maximum Gasteiger partial charge on any atom is 0.292 e. The minimum Gasteiger partial charge on any atom is -0.379 e. The molecule has 0 bridgehead atoms. The Morgan fingerprint density at radius 2 is 2.24 bits per heavy atom. The number of hydrogen-bond donors (Lipinski definition) is 2. The molecule has 1 fully saturated rings. The summed E-state index contributed by atoms with van der Waals surface area (Å²) in [6, 6.07) is 3.20. The summed E-state index contributed by atoms with van der Waals surface area (Å²) in [4.78, 5) is 22.2. The van der Waals surface area contributed by atoms with Gasteiger partial charge in [-0.25, -0.2) is 0 Å². The van der Waals surface area contributed by atoms with Gasteiger partial charge in [-0.1, -0.05) is 13.3 Å². The Morgan fingerprint density at radius 3 is 2.90 bits per heavy atom. The van der Waals surface area contributed by atoms with Crippen molar-refractivity contribution in [2.24, 2.45) is 11.8 Å². The first-order chi connectivity index (χ1) is 10.0. The van der Waals surface area contributed by atoms with Crippen LogP contribution < -0.4 is 10.6 Å². The van der Waals surface area contributed by atoms with E-state index in [1.54, 1.807) is 6.07 Å². The zero-order valence-corrected chi connectivity index (χ0v) is 12.0. The van der Waals surface area contributed by atoms with Gasteiger partial charge in [-0.3, -0.25) is 14.9 Å². The smallest absolute Gasteiger partial charge is 0.292 e. The average Bonchev–Trinajstić information content (AvgIpc) is 2.99. The minimum atomic E-state index is -0.386. The number of anilines is 2. The Balaban J connectivity index is 1.78. The lowest BCUT2D eigenvalue weighted by molar-refractivity contribution is -0.384. The van der Waals surface area contributed by atoms with Gasteiger partial charge in [0.05, 0.1) is 11.3 Å². The monoisotopic (exact) mass is 289 g/mol. The summed E-state index contributed by atoms with van der Waals surface area (Å²) in [7, 11) is 0. The van der Waals surface area contributed by atoms with E-state index in [0.717, 1.165) is 12.5 Å². The Bertz CT molecular complexity index is 600. The van der Waals surface area contributed by atoms with Crippen molar-refractivity contribution in [2.75, 3.05) is 17.2 Å². The number of benzene rings is 1. The number of nitrogens with one attached hydrogen (secondary N) is 2. The lowest BCUT2D eigenvalue weighted by atomic mass is 10.1. The summed E-state index contributed by atoms with van der Waals surface area (Å²) in [5.41, 5.74) is 1.94. The van der Waals surface area contributed by atoms with E-state index < -0.39 is 0 Å². The van der Waals surface area contributed by atoms with Crippen molar-refractivity contribution < 1.29 is 9.72 Å². The molecule has 0 saturated heterocycles. The fourth-order valence-corrected chi connectivity index (χ4v) is 3.32. The third-order valence-corrected chi connectivity index (χ3v) is 4.43. The van der Waals surface area contributed by atoms with Crippen molar-refractivity contribution in [1.82, 2.24) is 0 Å². The number of nitro groups is 1. The third-order valence-electron chi connectivity index (χ3n) is 4.43. The minimum absolute atomic E-state index is 0.0521. The summed E-state index contributed by atoms with van der Waals surface area (Å²) in [5.74, 6) is 1.20. The molecule has 0 spiro atoms.